The Morgan fingerprint density at radius 2 is 1.06 bits per heavy atom. The second-order valence-electron chi connectivity index (χ2n) is 7.66. The van der Waals surface area contributed by atoms with Crippen molar-refractivity contribution in [3.05, 3.63) is 91.0 Å². The summed E-state index contributed by atoms with van der Waals surface area (Å²) in [6, 6.07) is 7.97. The molecule has 12 nitrogen and oxygen atoms in total. The van der Waals surface area contributed by atoms with Crippen molar-refractivity contribution in [3.8, 4) is 11.5 Å². The molecule has 0 radical (unpaired) electrons. The first-order valence-electron chi connectivity index (χ1n) is 10.5. The second kappa shape index (κ2) is 10.5. The predicted octanol–water partition coefficient (Wildman–Crippen LogP) is 1.93. The quantitative estimate of drug-likeness (QED) is 0.296. The fraction of sp³-hybridized carbons (Fsp3) is 0.167. The molecule has 2 aromatic heterocycles. The van der Waals surface area contributed by atoms with Gasteiger partial charge in [-0.1, -0.05) is 0 Å². The predicted molar refractivity (Wildman–Crippen MR) is 129 cm³/mol. The van der Waals surface area contributed by atoms with Crippen LogP contribution in [0.1, 0.15) is 57.2 Å². The minimum atomic E-state index is -0.797. The number of carbonyl (C=O) groups is 2. The van der Waals surface area contributed by atoms with Crippen molar-refractivity contribution in [2.45, 2.75) is 27.7 Å². The molecule has 0 saturated heterocycles. The fourth-order valence-electron chi connectivity index (χ4n) is 3.14. The van der Waals surface area contributed by atoms with Crippen LogP contribution in [0.15, 0.2) is 65.0 Å². The van der Waals surface area contributed by atoms with Gasteiger partial charge < -0.3 is 19.0 Å². The monoisotopic (exact) mass is 494 g/mol. The van der Waals surface area contributed by atoms with E-state index in [0.29, 0.717) is 0 Å². The number of nitrogens with one attached hydrogen (secondary N) is 2. The highest BCUT2D eigenvalue weighted by molar-refractivity contribution is 6.03. The Bertz CT molecular complexity index is 1400. The minimum absolute atomic E-state index is 0.0347. The van der Waals surface area contributed by atoms with Gasteiger partial charge in [0.1, 0.15) is 34.1 Å². The van der Waals surface area contributed by atoms with E-state index in [1.807, 2.05) is 0 Å². The van der Waals surface area contributed by atoms with E-state index < -0.39 is 23.1 Å². The molecule has 1 aromatic carbocycles. The topological polar surface area (TPSA) is 184 Å². The van der Waals surface area contributed by atoms with E-state index in [4.69, 9.17) is 8.83 Å². The van der Waals surface area contributed by atoms with Crippen molar-refractivity contribution in [2.24, 2.45) is 10.2 Å². The van der Waals surface area contributed by atoms with Crippen LogP contribution in [0.5, 0.6) is 11.5 Å². The molecule has 2 heterocycles. The lowest BCUT2D eigenvalue weighted by Gasteiger charge is -2.06. The van der Waals surface area contributed by atoms with Gasteiger partial charge in [-0.15, -0.1) is 0 Å². The summed E-state index contributed by atoms with van der Waals surface area (Å²) in [6.07, 6.45) is 0. The molecule has 36 heavy (non-hydrogen) atoms. The van der Waals surface area contributed by atoms with Crippen LogP contribution in [0.3, 0.4) is 0 Å². The average Bonchev–Trinajstić information content (AvgIpc) is 2.79. The number of hydrazone groups is 2. The Hall–Kier alpha value is -5.00. The molecule has 0 atom stereocenters. The third-order valence-corrected chi connectivity index (χ3v) is 4.89. The summed E-state index contributed by atoms with van der Waals surface area (Å²) >= 11 is 0. The molecule has 0 aliphatic carbocycles. The Balaban J connectivity index is 1.68. The maximum absolute atomic E-state index is 12.4. The van der Waals surface area contributed by atoms with Crippen molar-refractivity contribution < 1.29 is 28.6 Å². The van der Waals surface area contributed by atoms with E-state index in [0.717, 1.165) is 0 Å². The minimum Gasteiger partial charge on any atom is -0.507 e. The van der Waals surface area contributed by atoms with Crippen LogP contribution in [-0.4, -0.2) is 33.5 Å². The molecular weight excluding hydrogens is 472 g/mol. The number of amides is 2. The number of rotatable bonds is 6. The highest BCUT2D eigenvalue weighted by Crippen LogP contribution is 2.16. The van der Waals surface area contributed by atoms with Gasteiger partial charge >= 0.3 is 11.3 Å². The lowest BCUT2D eigenvalue weighted by Crippen LogP contribution is -2.23. The van der Waals surface area contributed by atoms with Crippen LogP contribution in [0.2, 0.25) is 0 Å². The molecule has 186 valence electrons. The molecule has 4 N–H and O–H groups in total. The summed E-state index contributed by atoms with van der Waals surface area (Å²) in [4.78, 5) is 48.6. The van der Waals surface area contributed by atoms with Crippen molar-refractivity contribution in [3.63, 3.8) is 0 Å². The van der Waals surface area contributed by atoms with Crippen LogP contribution in [0.4, 0.5) is 0 Å². The smallest absolute Gasteiger partial charge is 0.348 e. The van der Waals surface area contributed by atoms with E-state index in [1.54, 1.807) is 0 Å². The first-order chi connectivity index (χ1) is 17.0. The Kier molecular flexibility index (Phi) is 7.48. The zero-order valence-corrected chi connectivity index (χ0v) is 19.7. The van der Waals surface area contributed by atoms with Crippen molar-refractivity contribution in [2.75, 3.05) is 0 Å². The molecule has 12 heteroatoms. The number of aromatic hydroxyl groups is 2. The van der Waals surface area contributed by atoms with E-state index in [1.165, 1.54) is 64.1 Å². The normalized spacial score (nSPS) is 11.8. The molecule has 0 aliphatic heterocycles. The van der Waals surface area contributed by atoms with E-state index >= 15 is 0 Å². The van der Waals surface area contributed by atoms with Gasteiger partial charge in [-0.25, -0.2) is 20.4 Å². The summed E-state index contributed by atoms with van der Waals surface area (Å²) in [5, 5.41) is 27.6. The number of nitrogens with zero attached hydrogens (tertiary/aromatic N) is 2. The van der Waals surface area contributed by atoms with Crippen LogP contribution >= 0.6 is 0 Å². The van der Waals surface area contributed by atoms with E-state index in [9.17, 15) is 29.4 Å². The number of hydrogen-bond acceptors (Lipinski definition) is 10. The molecular formula is C24H22N4O8. The molecule has 0 bridgehead atoms. The van der Waals surface area contributed by atoms with Crippen LogP contribution in [0, 0.1) is 13.8 Å². The van der Waals surface area contributed by atoms with E-state index in [-0.39, 0.29) is 56.7 Å². The number of benzene rings is 1. The SMILES string of the molecule is CC(=NNC(=O)c1ccc(C(=O)NN=C(C)c2c(O)cc(C)oc2=O)cc1)c1c(O)cc(C)oc1=O. The van der Waals surface area contributed by atoms with Gasteiger partial charge in [0.15, 0.2) is 0 Å². The van der Waals surface area contributed by atoms with Gasteiger partial charge in [-0.05, 0) is 52.0 Å². The van der Waals surface area contributed by atoms with Crippen LogP contribution in [-0.2, 0) is 0 Å². The van der Waals surface area contributed by atoms with Gasteiger partial charge in [-0.3, -0.25) is 9.59 Å². The molecule has 2 amide bonds. The van der Waals surface area contributed by atoms with Crippen LogP contribution < -0.4 is 22.1 Å². The zero-order chi connectivity index (χ0) is 26.6. The Labute approximate surface area is 203 Å². The standard InChI is InChI=1S/C24H22N4O8/c1-11-9-17(29)19(23(33)35-11)13(3)25-27-21(31)15-5-7-16(8-6-15)22(32)28-26-14(4)20-18(30)10-12(2)36-24(20)34/h5-10,29-30H,1-4H3,(H,27,31)(H,28,32). The summed E-state index contributed by atoms with van der Waals surface area (Å²) in [5.41, 5.74) is 2.95. The molecule has 3 aromatic rings. The molecule has 0 fully saturated rings. The van der Waals surface area contributed by atoms with Crippen LogP contribution in [0.25, 0.3) is 0 Å². The second-order valence-corrected chi connectivity index (χ2v) is 7.66. The zero-order valence-electron chi connectivity index (χ0n) is 19.7. The molecule has 0 saturated carbocycles. The third kappa shape index (κ3) is 5.73. The van der Waals surface area contributed by atoms with Crippen molar-refractivity contribution in [1.29, 1.82) is 0 Å². The number of hydrogen-bond donors (Lipinski definition) is 4. The first-order valence-corrected chi connectivity index (χ1v) is 10.5. The van der Waals surface area contributed by atoms with Crippen molar-refractivity contribution >= 4 is 23.2 Å². The molecule has 3 rings (SSSR count). The first kappa shape index (κ1) is 25.6. The van der Waals surface area contributed by atoms with E-state index in [2.05, 4.69) is 21.1 Å². The maximum atomic E-state index is 12.4. The highest BCUT2D eigenvalue weighted by Gasteiger charge is 2.15. The largest absolute Gasteiger partial charge is 0.507 e. The van der Waals surface area contributed by atoms with Gasteiger partial charge in [0.25, 0.3) is 11.8 Å². The summed E-state index contributed by atoms with van der Waals surface area (Å²) in [7, 11) is 0. The lowest BCUT2D eigenvalue weighted by molar-refractivity contribution is 0.0943. The van der Waals surface area contributed by atoms with Gasteiger partial charge in [-0.2, -0.15) is 10.2 Å². The Morgan fingerprint density at radius 3 is 1.36 bits per heavy atom. The average molecular weight is 494 g/mol. The molecule has 0 aliphatic rings. The van der Waals surface area contributed by atoms with Gasteiger partial charge in [0.2, 0.25) is 0 Å². The van der Waals surface area contributed by atoms with Crippen molar-refractivity contribution in [1.82, 2.24) is 10.9 Å². The highest BCUT2D eigenvalue weighted by atomic mass is 16.4. The maximum Gasteiger partial charge on any atom is 0.348 e. The summed E-state index contributed by atoms with van der Waals surface area (Å²) in [5.74, 6) is -1.47. The summed E-state index contributed by atoms with van der Waals surface area (Å²) in [6.45, 7) is 5.84. The number of aryl methyl sites for hydroxylation is 2. The molecule has 0 unspecified atom stereocenters. The number of carbonyl (C=O) groups excluding carboxylic acids is 2. The summed E-state index contributed by atoms with van der Waals surface area (Å²) < 4.78 is 9.85. The van der Waals surface area contributed by atoms with Gasteiger partial charge in [0, 0.05) is 23.3 Å². The Morgan fingerprint density at radius 1 is 0.722 bits per heavy atom. The molecule has 0 spiro atoms. The third-order valence-electron chi connectivity index (χ3n) is 4.89. The fourth-order valence-corrected chi connectivity index (χ4v) is 3.14. The van der Waals surface area contributed by atoms with Gasteiger partial charge in [0.05, 0.1) is 11.4 Å². The lowest BCUT2D eigenvalue weighted by atomic mass is 10.1.